The third-order valence-corrected chi connectivity index (χ3v) is 7.01. The summed E-state index contributed by atoms with van der Waals surface area (Å²) in [5.41, 5.74) is 3.81. The molecule has 0 unspecified atom stereocenters. The second-order valence-electron chi connectivity index (χ2n) is 8.67. The number of hydrogen-bond acceptors (Lipinski definition) is 3. The van der Waals surface area contributed by atoms with Gasteiger partial charge in [0, 0.05) is 23.7 Å². The van der Waals surface area contributed by atoms with E-state index in [4.69, 9.17) is 9.73 Å². The van der Waals surface area contributed by atoms with E-state index in [0.29, 0.717) is 17.9 Å². The lowest BCUT2D eigenvalue weighted by atomic mass is 9.71. The Hall–Kier alpha value is -2.91. The number of rotatable bonds is 6. The SMILES string of the molecule is COc1ccccc1C=N[C@@H]1C2CCN(CC2)[C@@H]1C(c1ccccc1)c1ccccc1. The first-order chi connectivity index (χ1) is 15.3. The van der Waals surface area contributed by atoms with Gasteiger partial charge in [0.25, 0.3) is 0 Å². The predicted octanol–water partition coefficient (Wildman–Crippen LogP) is 5.41. The third-order valence-electron chi connectivity index (χ3n) is 7.01. The summed E-state index contributed by atoms with van der Waals surface area (Å²) in [5.74, 6) is 1.83. The zero-order valence-corrected chi connectivity index (χ0v) is 18.1. The van der Waals surface area contributed by atoms with Crippen LogP contribution in [0.4, 0.5) is 0 Å². The van der Waals surface area contributed by atoms with Gasteiger partial charge in [0.15, 0.2) is 0 Å². The summed E-state index contributed by atoms with van der Waals surface area (Å²) in [5, 5.41) is 0. The molecular formula is C28H30N2O. The van der Waals surface area contributed by atoms with Gasteiger partial charge in [-0.25, -0.2) is 0 Å². The zero-order chi connectivity index (χ0) is 21.0. The van der Waals surface area contributed by atoms with E-state index >= 15 is 0 Å². The summed E-state index contributed by atoms with van der Waals surface area (Å²) in [6.07, 6.45) is 4.52. The van der Waals surface area contributed by atoms with E-state index in [1.165, 1.54) is 37.1 Å². The number of nitrogens with zero attached hydrogens (tertiary/aromatic N) is 2. The Balaban J connectivity index is 1.56. The molecule has 158 valence electrons. The number of methoxy groups -OCH3 is 1. The molecule has 3 aliphatic heterocycles. The van der Waals surface area contributed by atoms with Gasteiger partial charge in [-0.05, 0) is 55.1 Å². The topological polar surface area (TPSA) is 24.8 Å². The second kappa shape index (κ2) is 9.07. The van der Waals surface area contributed by atoms with Crippen molar-refractivity contribution in [2.24, 2.45) is 10.9 Å². The highest BCUT2D eigenvalue weighted by Crippen LogP contribution is 2.43. The summed E-state index contributed by atoms with van der Waals surface area (Å²) in [7, 11) is 1.73. The van der Waals surface area contributed by atoms with Crippen LogP contribution in [-0.4, -0.2) is 43.4 Å². The molecule has 0 spiro atoms. The molecule has 6 rings (SSSR count). The molecule has 0 amide bonds. The Kier molecular flexibility index (Phi) is 5.86. The maximum Gasteiger partial charge on any atom is 0.127 e. The average molecular weight is 411 g/mol. The monoisotopic (exact) mass is 410 g/mol. The van der Waals surface area contributed by atoms with Crippen molar-refractivity contribution >= 4 is 6.21 Å². The fourth-order valence-corrected chi connectivity index (χ4v) is 5.52. The largest absolute Gasteiger partial charge is 0.496 e. The molecule has 31 heavy (non-hydrogen) atoms. The molecule has 2 bridgehead atoms. The molecule has 3 aromatic carbocycles. The summed E-state index contributed by atoms with van der Waals surface area (Å²) in [6.45, 7) is 2.35. The standard InChI is InChI=1S/C28H30N2O/c1-31-25-15-9-8-14-24(25)20-29-27-23-16-18-30(19-17-23)28(27)26(21-10-4-2-5-11-21)22-12-6-3-7-13-22/h2-15,20,23,26-28H,16-19H2,1H3/t27-,28-/m1/s1. The van der Waals surface area contributed by atoms with Crippen molar-refractivity contribution in [3.63, 3.8) is 0 Å². The first kappa shape index (κ1) is 20.0. The quantitative estimate of drug-likeness (QED) is 0.508. The third kappa shape index (κ3) is 4.03. The zero-order valence-electron chi connectivity index (χ0n) is 18.1. The molecule has 0 radical (unpaired) electrons. The van der Waals surface area contributed by atoms with E-state index in [1.807, 2.05) is 18.3 Å². The maximum atomic E-state index is 5.56. The summed E-state index contributed by atoms with van der Waals surface area (Å²) < 4.78 is 5.56. The van der Waals surface area contributed by atoms with Crippen LogP contribution in [0.2, 0.25) is 0 Å². The van der Waals surface area contributed by atoms with Crippen molar-refractivity contribution < 1.29 is 4.74 Å². The van der Waals surface area contributed by atoms with Gasteiger partial charge < -0.3 is 4.74 Å². The van der Waals surface area contributed by atoms with Crippen molar-refractivity contribution in [1.82, 2.24) is 4.90 Å². The average Bonchev–Trinajstić information content (AvgIpc) is 2.85. The van der Waals surface area contributed by atoms with Crippen LogP contribution in [0.5, 0.6) is 5.75 Å². The Labute approximate surface area is 185 Å². The number of ether oxygens (including phenoxy) is 1. The number of benzene rings is 3. The molecule has 3 saturated heterocycles. The highest BCUT2D eigenvalue weighted by Gasteiger charge is 2.46. The van der Waals surface area contributed by atoms with Gasteiger partial charge >= 0.3 is 0 Å². The smallest absolute Gasteiger partial charge is 0.127 e. The highest BCUT2D eigenvalue weighted by atomic mass is 16.5. The molecule has 0 saturated carbocycles. The number of fused-ring (bicyclic) bond motifs is 3. The van der Waals surface area contributed by atoms with E-state index < -0.39 is 0 Å². The van der Waals surface area contributed by atoms with Gasteiger partial charge in [-0.3, -0.25) is 9.89 Å². The van der Waals surface area contributed by atoms with Crippen LogP contribution in [0.1, 0.15) is 35.4 Å². The number of hydrogen-bond donors (Lipinski definition) is 0. The van der Waals surface area contributed by atoms with Crippen LogP contribution in [0, 0.1) is 5.92 Å². The second-order valence-corrected chi connectivity index (χ2v) is 8.67. The van der Waals surface area contributed by atoms with Gasteiger partial charge in [-0.15, -0.1) is 0 Å². The van der Waals surface area contributed by atoms with Crippen molar-refractivity contribution in [3.05, 3.63) is 102 Å². The Morgan fingerprint density at radius 3 is 2.03 bits per heavy atom. The van der Waals surface area contributed by atoms with Gasteiger partial charge in [0.05, 0.1) is 13.2 Å². The van der Waals surface area contributed by atoms with Crippen molar-refractivity contribution in [1.29, 1.82) is 0 Å². The summed E-state index contributed by atoms with van der Waals surface area (Å²) in [6, 6.07) is 30.8. The van der Waals surface area contributed by atoms with Gasteiger partial charge in [0.2, 0.25) is 0 Å². The molecule has 0 aliphatic carbocycles. The van der Waals surface area contributed by atoms with Gasteiger partial charge in [-0.1, -0.05) is 72.8 Å². The molecule has 3 aromatic rings. The molecule has 3 aliphatic rings. The fourth-order valence-electron chi connectivity index (χ4n) is 5.52. The first-order valence-electron chi connectivity index (χ1n) is 11.4. The minimum absolute atomic E-state index is 0.276. The summed E-state index contributed by atoms with van der Waals surface area (Å²) >= 11 is 0. The van der Waals surface area contributed by atoms with Crippen LogP contribution in [0.25, 0.3) is 0 Å². The lowest BCUT2D eigenvalue weighted by Crippen LogP contribution is -2.59. The lowest BCUT2D eigenvalue weighted by molar-refractivity contribution is 0.0215. The minimum atomic E-state index is 0.276. The van der Waals surface area contributed by atoms with Crippen LogP contribution < -0.4 is 4.74 Å². The number of aliphatic imine (C=N–C) groups is 1. The molecule has 3 nitrogen and oxygen atoms in total. The molecule has 3 heterocycles. The maximum absolute atomic E-state index is 5.56. The molecular weight excluding hydrogens is 380 g/mol. The van der Waals surface area contributed by atoms with Crippen LogP contribution >= 0.6 is 0 Å². The minimum Gasteiger partial charge on any atom is -0.496 e. The molecule has 0 aromatic heterocycles. The first-order valence-corrected chi connectivity index (χ1v) is 11.4. The molecule has 3 heteroatoms. The van der Waals surface area contributed by atoms with E-state index in [1.54, 1.807) is 7.11 Å². The number of para-hydroxylation sites is 1. The van der Waals surface area contributed by atoms with E-state index in [2.05, 4.69) is 77.7 Å². The van der Waals surface area contributed by atoms with Crippen LogP contribution in [0.3, 0.4) is 0 Å². The Morgan fingerprint density at radius 2 is 1.42 bits per heavy atom. The molecule has 3 fully saturated rings. The Morgan fingerprint density at radius 1 is 0.839 bits per heavy atom. The number of piperidine rings is 3. The predicted molar refractivity (Wildman–Crippen MR) is 127 cm³/mol. The highest BCUT2D eigenvalue weighted by molar-refractivity contribution is 5.83. The Bertz CT molecular complexity index is 970. The van der Waals surface area contributed by atoms with Crippen molar-refractivity contribution in [2.45, 2.75) is 30.8 Å². The normalized spacial score (nSPS) is 25.2. The van der Waals surface area contributed by atoms with Crippen LogP contribution in [0.15, 0.2) is 89.9 Å². The van der Waals surface area contributed by atoms with E-state index in [0.717, 1.165) is 11.3 Å². The van der Waals surface area contributed by atoms with E-state index in [9.17, 15) is 0 Å². The van der Waals surface area contributed by atoms with Gasteiger partial charge in [0.1, 0.15) is 5.75 Å². The van der Waals surface area contributed by atoms with Crippen molar-refractivity contribution in [3.8, 4) is 5.75 Å². The molecule has 2 atom stereocenters. The summed E-state index contributed by atoms with van der Waals surface area (Å²) in [4.78, 5) is 7.94. The van der Waals surface area contributed by atoms with Crippen LogP contribution in [-0.2, 0) is 0 Å². The van der Waals surface area contributed by atoms with Gasteiger partial charge in [-0.2, -0.15) is 0 Å². The van der Waals surface area contributed by atoms with E-state index in [-0.39, 0.29) is 6.04 Å². The fraction of sp³-hybridized carbons (Fsp3) is 0.321. The molecule has 0 N–H and O–H groups in total. The van der Waals surface area contributed by atoms with Crippen molar-refractivity contribution in [2.75, 3.05) is 20.2 Å². The lowest BCUT2D eigenvalue weighted by Gasteiger charge is -2.52.